The fourth-order valence-electron chi connectivity index (χ4n) is 2.69. The number of anilines is 1. The second-order valence-electron chi connectivity index (χ2n) is 5.06. The lowest BCUT2D eigenvalue weighted by atomic mass is 10.1. The van der Waals surface area contributed by atoms with Gasteiger partial charge in [0.2, 0.25) is 0 Å². The molecule has 6 heteroatoms. The number of nitriles is 1. The first-order valence-corrected chi connectivity index (χ1v) is 6.71. The van der Waals surface area contributed by atoms with Gasteiger partial charge in [-0.15, -0.1) is 0 Å². The highest BCUT2D eigenvalue weighted by atomic mass is 16.5. The van der Waals surface area contributed by atoms with E-state index < -0.39 is 6.10 Å². The Morgan fingerprint density at radius 3 is 3.10 bits per heavy atom. The quantitative estimate of drug-likeness (QED) is 0.772. The first kappa shape index (κ1) is 13.5. The molecule has 106 valence electrons. The van der Waals surface area contributed by atoms with Gasteiger partial charge in [-0.3, -0.25) is 0 Å². The Hall–Kier alpha value is -2.52. The number of benzene rings is 1. The van der Waals surface area contributed by atoms with Crippen LogP contribution in [0, 0.1) is 11.3 Å². The first-order chi connectivity index (χ1) is 10.2. The van der Waals surface area contributed by atoms with E-state index in [2.05, 4.69) is 20.9 Å². The predicted octanol–water partition coefficient (Wildman–Crippen LogP) is 1.29. The standard InChI is InChI=1S/C15H14N4O2/c1-10-6-19(7-12(8-20)21-10)14-3-2-11(4-16)15-13(14)5-17-9-18-15/h2-3,5,8-10,12H,6-7H2,1H3/t10-,12-/m1/s1. The summed E-state index contributed by atoms with van der Waals surface area (Å²) in [7, 11) is 0. The molecule has 2 aromatic rings. The van der Waals surface area contributed by atoms with Crippen molar-refractivity contribution in [3.8, 4) is 6.07 Å². The van der Waals surface area contributed by atoms with Crippen molar-refractivity contribution in [3.63, 3.8) is 0 Å². The maximum atomic E-state index is 11.0. The average Bonchev–Trinajstić information content (AvgIpc) is 2.53. The van der Waals surface area contributed by atoms with E-state index in [9.17, 15) is 4.79 Å². The molecule has 0 bridgehead atoms. The topological polar surface area (TPSA) is 79.1 Å². The number of hydrogen-bond donors (Lipinski definition) is 0. The Balaban J connectivity index is 2.09. The van der Waals surface area contributed by atoms with Gasteiger partial charge in [0.1, 0.15) is 18.5 Å². The minimum atomic E-state index is -0.441. The number of carbonyl (C=O) groups excluding carboxylic acids is 1. The van der Waals surface area contributed by atoms with E-state index in [0.29, 0.717) is 24.2 Å². The largest absolute Gasteiger partial charge is 0.365 e. The molecule has 1 aliphatic heterocycles. The molecule has 0 unspecified atom stereocenters. The highest BCUT2D eigenvalue weighted by Crippen LogP contribution is 2.29. The van der Waals surface area contributed by atoms with Crippen molar-refractivity contribution in [2.75, 3.05) is 18.0 Å². The third-order valence-corrected chi connectivity index (χ3v) is 3.55. The zero-order valence-electron chi connectivity index (χ0n) is 11.6. The molecule has 1 aromatic heterocycles. The Labute approximate surface area is 122 Å². The molecule has 1 aromatic carbocycles. The number of carbonyl (C=O) groups is 1. The van der Waals surface area contributed by atoms with E-state index in [4.69, 9.17) is 10.00 Å². The zero-order chi connectivity index (χ0) is 14.8. The lowest BCUT2D eigenvalue weighted by molar-refractivity contribution is -0.122. The summed E-state index contributed by atoms with van der Waals surface area (Å²) in [6, 6.07) is 5.77. The van der Waals surface area contributed by atoms with Gasteiger partial charge in [-0.1, -0.05) is 0 Å². The molecule has 1 fully saturated rings. The van der Waals surface area contributed by atoms with Crippen LogP contribution in [0.15, 0.2) is 24.7 Å². The Kier molecular flexibility index (Phi) is 3.50. The van der Waals surface area contributed by atoms with E-state index in [1.807, 2.05) is 13.0 Å². The molecule has 0 N–H and O–H groups in total. The summed E-state index contributed by atoms with van der Waals surface area (Å²) in [4.78, 5) is 21.4. The number of hydrogen-bond acceptors (Lipinski definition) is 6. The monoisotopic (exact) mass is 282 g/mol. The van der Waals surface area contributed by atoms with E-state index in [1.165, 1.54) is 6.33 Å². The Morgan fingerprint density at radius 2 is 2.33 bits per heavy atom. The summed E-state index contributed by atoms with van der Waals surface area (Å²) < 4.78 is 5.55. The van der Waals surface area contributed by atoms with Crippen LogP contribution >= 0.6 is 0 Å². The van der Waals surface area contributed by atoms with Crippen LogP contribution in [0.4, 0.5) is 5.69 Å². The molecule has 0 saturated carbocycles. The van der Waals surface area contributed by atoms with Crippen molar-refractivity contribution in [1.82, 2.24) is 9.97 Å². The molecule has 6 nitrogen and oxygen atoms in total. The van der Waals surface area contributed by atoms with Gasteiger partial charge in [-0.2, -0.15) is 5.26 Å². The smallest absolute Gasteiger partial charge is 0.150 e. The summed E-state index contributed by atoms with van der Waals surface area (Å²) >= 11 is 0. The fourth-order valence-corrected chi connectivity index (χ4v) is 2.69. The SMILES string of the molecule is C[C@@H]1CN(c2ccc(C#N)c3ncncc23)C[C@H](C=O)O1. The molecule has 1 aliphatic rings. The van der Waals surface area contributed by atoms with Gasteiger partial charge in [-0.25, -0.2) is 9.97 Å². The summed E-state index contributed by atoms with van der Waals surface area (Å²) in [6.45, 7) is 3.11. The molecule has 1 saturated heterocycles. The van der Waals surface area contributed by atoms with Crippen LogP contribution in [0.2, 0.25) is 0 Å². The van der Waals surface area contributed by atoms with Crippen molar-refractivity contribution in [3.05, 3.63) is 30.2 Å². The van der Waals surface area contributed by atoms with Crippen LogP contribution in [-0.2, 0) is 9.53 Å². The van der Waals surface area contributed by atoms with Gasteiger partial charge < -0.3 is 14.4 Å². The summed E-state index contributed by atoms with van der Waals surface area (Å²) in [5.41, 5.74) is 2.07. The Bertz CT molecular complexity index is 725. The van der Waals surface area contributed by atoms with Crippen LogP contribution in [0.25, 0.3) is 10.9 Å². The van der Waals surface area contributed by atoms with Gasteiger partial charge in [-0.05, 0) is 19.1 Å². The Morgan fingerprint density at radius 1 is 1.48 bits per heavy atom. The van der Waals surface area contributed by atoms with Crippen LogP contribution < -0.4 is 4.90 Å². The molecule has 0 aliphatic carbocycles. The molecule has 2 heterocycles. The molecular weight excluding hydrogens is 268 g/mol. The molecule has 0 radical (unpaired) electrons. The van der Waals surface area contributed by atoms with Gasteiger partial charge in [0, 0.05) is 23.8 Å². The lowest BCUT2D eigenvalue weighted by Crippen LogP contribution is -2.47. The number of aromatic nitrogens is 2. The second kappa shape index (κ2) is 5.46. The number of nitrogens with zero attached hydrogens (tertiary/aromatic N) is 4. The zero-order valence-corrected chi connectivity index (χ0v) is 11.6. The van der Waals surface area contributed by atoms with Gasteiger partial charge in [0.15, 0.2) is 6.29 Å². The molecular formula is C15H14N4O2. The number of fused-ring (bicyclic) bond motifs is 1. The highest BCUT2D eigenvalue weighted by Gasteiger charge is 2.26. The van der Waals surface area contributed by atoms with Crippen LogP contribution in [-0.4, -0.2) is 41.6 Å². The molecule has 21 heavy (non-hydrogen) atoms. The van der Waals surface area contributed by atoms with Crippen LogP contribution in [0.3, 0.4) is 0 Å². The van der Waals surface area contributed by atoms with E-state index in [1.54, 1.807) is 12.3 Å². The normalized spacial score (nSPS) is 22.0. The minimum Gasteiger partial charge on any atom is -0.365 e. The summed E-state index contributed by atoms with van der Waals surface area (Å²) in [5, 5.41) is 9.98. The fraction of sp³-hybridized carbons (Fsp3) is 0.333. The summed E-state index contributed by atoms with van der Waals surface area (Å²) in [6.07, 6.45) is 3.48. The number of ether oxygens (including phenoxy) is 1. The first-order valence-electron chi connectivity index (χ1n) is 6.71. The third kappa shape index (κ3) is 2.43. The van der Waals surface area contributed by atoms with Crippen molar-refractivity contribution in [2.45, 2.75) is 19.1 Å². The van der Waals surface area contributed by atoms with Gasteiger partial charge >= 0.3 is 0 Å². The van der Waals surface area contributed by atoms with Crippen molar-refractivity contribution < 1.29 is 9.53 Å². The van der Waals surface area contributed by atoms with Gasteiger partial charge in [0.05, 0.1) is 23.7 Å². The minimum absolute atomic E-state index is 0.0377. The van der Waals surface area contributed by atoms with E-state index in [0.717, 1.165) is 17.4 Å². The molecule has 2 atom stereocenters. The third-order valence-electron chi connectivity index (χ3n) is 3.55. The van der Waals surface area contributed by atoms with Crippen molar-refractivity contribution >= 4 is 22.9 Å². The molecule has 3 rings (SSSR count). The number of rotatable bonds is 2. The van der Waals surface area contributed by atoms with E-state index in [-0.39, 0.29) is 6.10 Å². The lowest BCUT2D eigenvalue weighted by Gasteiger charge is -2.36. The maximum absolute atomic E-state index is 11.0. The predicted molar refractivity (Wildman–Crippen MR) is 76.9 cm³/mol. The molecule has 0 amide bonds. The van der Waals surface area contributed by atoms with Crippen molar-refractivity contribution in [1.29, 1.82) is 5.26 Å². The van der Waals surface area contributed by atoms with Crippen molar-refractivity contribution in [2.24, 2.45) is 0 Å². The van der Waals surface area contributed by atoms with Crippen LogP contribution in [0.5, 0.6) is 0 Å². The number of morpholine rings is 1. The van der Waals surface area contributed by atoms with Gasteiger partial charge in [0.25, 0.3) is 0 Å². The van der Waals surface area contributed by atoms with Crippen LogP contribution in [0.1, 0.15) is 12.5 Å². The maximum Gasteiger partial charge on any atom is 0.150 e. The highest BCUT2D eigenvalue weighted by molar-refractivity contribution is 5.94. The summed E-state index contributed by atoms with van der Waals surface area (Å²) in [5.74, 6) is 0. The van der Waals surface area contributed by atoms with E-state index >= 15 is 0 Å². The average molecular weight is 282 g/mol. The second-order valence-corrected chi connectivity index (χ2v) is 5.06. The number of aldehydes is 1. The molecule has 0 spiro atoms.